The molecule has 0 radical (unpaired) electrons. The first kappa shape index (κ1) is 18.9. The topological polar surface area (TPSA) is 0 Å². The Balaban J connectivity index is 1.67. The Morgan fingerprint density at radius 1 is 0.963 bits per heavy atom. The zero-order chi connectivity index (χ0) is 19.1. The van der Waals surface area contributed by atoms with Gasteiger partial charge in [-0.25, -0.2) is 13.2 Å². The molecule has 0 N–H and O–H groups in total. The highest BCUT2D eigenvalue weighted by atomic mass is 35.5. The van der Waals surface area contributed by atoms with Gasteiger partial charge in [0.1, 0.15) is 22.5 Å². The van der Waals surface area contributed by atoms with Gasteiger partial charge in [0, 0.05) is 5.56 Å². The Labute approximate surface area is 163 Å². The van der Waals surface area contributed by atoms with E-state index < -0.39 is 22.5 Å². The van der Waals surface area contributed by atoms with E-state index in [-0.39, 0.29) is 11.1 Å². The van der Waals surface area contributed by atoms with Crippen LogP contribution in [0.5, 0.6) is 0 Å². The molecular weight excluding hydrogens is 369 g/mol. The molecule has 0 saturated heterocycles. The normalized spacial score (nSPS) is 24.4. The Kier molecular flexibility index (Phi) is 5.24. The van der Waals surface area contributed by atoms with E-state index >= 15 is 0 Å². The first-order chi connectivity index (χ1) is 13.0. The van der Waals surface area contributed by atoms with Crippen LogP contribution in [0.4, 0.5) is 13.2 Å². The third-order valence-electron chi connectivity index (χ3n) is 6.50. The van der Waals surface area contributed by atoms with E-state index in [1.54, 1.807) is 12.1 Å². The van der Waals surface area contributed by atoms with Crippen LogP contribution in [-0.4, -0.2) is 0 Å². The lowest BCUT2D eigenvalue weighted by molar-refractivity contribution is 0.201. The van der Waals surface area contributed by atoms with E-state index in [1.807, 2.05) is 0 Å². The molecule has 1 saturated carbocycles. The molecule has 0 heterocycles. The van der Waals surface area contributed by atoms with Gasteiger partial charge >= 0.3 is 0 Å². The second kappa shape index (κ2) is 7.50. The van der Waals surface area contributed by atoms with Gasteiger partial charge in [-0.3, -0.25) is 0 Å². The molecule has 3 unspecified atom stereocenters. The molecule has 0 bridgehead atoms. The van der Waals surface area contributed by atoms with Gasteiger partial charge in [0.2, 0.25) is 0 Å². The molecule has 2 aliphatic rings. The van der Waals surface area contributed by atoms with E-state index in [0.29, 0.717) is 11.8 Å². The van der Waals surface area contributed by atoms with Crippen molar-refractivity contribution in [2.45, 2.75) is 57.8 Å². The van der Waals surface area contributed by atoms with Crippen LogP contribution in [0.2, 0.25) is 5.02 Å². The van der Waals surface area contributed by atoms with Crippen LogP contribution >= 0.6 is 11.6 Å². The van der Waals surface area contributed by atoms with Crippen LogP contribution in [0, 0.1) is 29.3 Å². The smallest absolute Gasteiger partial charge is 0.145 e. The molecular formula is C23H24ClF3. The van der Waals surface area contributed by atoms with E-state index in [1.165, 1.54) is 25.7 Å². The minimum atomic E-state index is -0.863. The summed E-state index contributed by atoms with van der Waals surface area (Å²) in [7, 11) is 0. The molecule has 2 aromatic carbocycles. The third-order valence-corrected chi connectivity index (χ3v) is 6.86. The lowest BCUT2D eigenvalue weighted by Gasteiger charge is -2.41. The van der Waals surface area contributed by atoms with Gasteiger partial charge in [-0.05, 0) is 90.8 Å². The van der Waals surface area contributed by atoms with Gasteiger partial charge in [-0.1, -0.05) is 31.4 Å². The van der Waals surface area contributed by atoms with Crippen LogP contribution < -0.4 is 0 Å². The Bertz CT molecular complexity index is 838. The first-order valence-corrected chi connectivity index (χ1v) is 10.3. The Morgan fingerprint density at radius 2 is 1.70 bits per heavy atom. The quantitative estimate of drug-likeness (QED) is 0.470. The highest BCUT2D eigenvalue weighted by Gasteiger charge is 2.35. The van der Waals surface area contributed by atoms with Gasteiger partial charge < -0.3 is 0 Å². The molecule has 4 rings (SSSR count). The van der Waals surface area contributed by atoms with Gasteiger partial charge in [0.15, 0.2) is 0 Å². The van der Waals surface area contributed by atoms with E-state index in [4.69, 9.17) is 11.6 Å². The summed E-state index contributed by atoms with van der Waals surface area (Å²) in [5.74, 6) is -0.271. The van der Waals surface area contributed by atoms with Crippen LogP contribution in [0.15, 0.2) is 24.3 Å². The molecule has 27 heavy (non-hydrogen) atoms. The monoisotopic (exact) mass is 392 g/mol. The summed E-state index contributed by atoms with van der Waals surface area (Å²) in [6.45, 7) is 2.24. The van der Waals surface area contributed by atoms with Crippen molar-refractivity contribution in [3.63, 3.8) is 0 Å². The summed E-state index contributed by atoms with van der Waals surface area (Å²) in [6, 6.07) is 5.63. The van der Waals surface area contributed by atoms with Crippen molar-refractivity contribution < 1.29 is 13.2 Å². The zero-order valence-corrected chi connectivity index (χ0v) is 16.3. The summed E-state index contributed by atoms with van der Waals surface area (Å²) in [6.07, 6.45) is 8.11. The lowest BCUT2D eigenvalue weighted by Crippen LogP contribution is -2.28. The van der Waals surface area contributed by atoms with Crippen LogP contribution in [0.1, 0.15) is 62.5 Å². The molecule has 144 valence electrons. The van der Waals surface area contributed by atoms with Crippen molar-refractivity contribution in [2.24, 2.45) is 11.8 Å². The van der Waals surface area contributed by atoms with E-state index in [2.05, 4.69) is 6.92 Å². The third kappa shape index (κ3) is 3.51. The SMILES string of the molecule is CCCC1CCC2c3cc(F)c(-c4cc(F)c(Cl)c(F)c4)cc3CCC2C1. The molecule has 0 spiro atoms. The fourth-order valence-electron chi connectivity index (χ4n) is 5.23. The molecule has 0 nitrogen and oxygen atoms in total. The first-order valence-electron chi connectivity index (χ1n) is 9.95. The maximum atomic E-state index is 14.9. The summed E-state index contributed by atoms with van der Waals surface area (Å²) in [5, 5.41) is -0.552. The van der Waals surface area contributed by atoms with Crippen molar-refractivity contribution >= 4 is 11.6 Å². The average molecular weight is 393 g/mol. The lowest BCUT2D eigenvalue weighted by atomic mass is 9.64. The van der Waals surface area contributed by atoms with Crippen molar-refractivity contribution in [2.75, 3.05) is 0 Å². The Hall–Kier alpha value is -1.48. The molecule has 2 aromatic rings. The Morgan fingerprint density at radius 3 is 2.41 bits per heavy atom. The fourth-order valence-corrected chi connectivity index (χ4v) is 5.34. The summed E-state index contributed by atoms with van der Waals surface area (Å²) in [5.41, 5.74) is 2.68. The molecule has 0 amide bonds. The molecule has 2 aliphatic carbocycles. The number of aryl methyl sites for hydroxylation is 1. The summed E-state index contributed by atoms with van der Waals surface area (Å²) >= 11 is 5.56. The van der Waals surface area contributed by atoms with Crippen molar-refractivity contribution in [3.8, 4) is 11.1 Å². The minimum Gasteiger partial charge on any atom is -0.206 e. The molecule has 1 fully saturated rings. The van der Waals surface area contributed by atoms with Crippen LogP contribution in [0.3, 0.4) is 0 Å². The second-order valence-corrected chi connectivity index (χ2v) is 8.54. The van der Waals surface area contributed by atoms with Gasteiger partial charge in [0.05, 0.1) is 0 Å². The summed E-state index contributed by atoms with van der Waals surface area (Å²) < 4.78 is 42.6. The zero-order valence-electron chi connectivity index (χ0n) is 15.5. The highest BCUT2D eigenvalue weighted by molar-refractivity contribution is 6.31. The van der Waals surface area contributed by atoms with Crippen molar-refractivity contribution in [1.29, 1.82) is 0 Å². The number of halogens is 4. The molecule has 0 aliphatic heterocycles. The largest absolute Gasteiger partial charge is 0.206 e. The second-order valence-electron chi connectivity index (χ2n) is 8.16. The maximum Gasteiger partial charge on any atom is 0.145 e. The predicted octanol–water partition coefficient (Wildman–Crippen LogP) is 7.67. The fraction of sp³-hybridized carbons (Fsp3) is 0.478. The highest BCUT2D eigenvalue weighted by Crippen LogP contribution is 2.48. The van der Waals surface area contributed by atoms with Gasteiger partial charge in [0.25, 0.3) is 0 Å². The molecule has 0 aromatic heterocycles. The molecule has 3 atom stereocenters. The van der Waals surface area contributed by atoms with Crippen LogP contribution in [0.25, 0.3) is 11.1 Å². The number of benzene rings is 2. The predicted molar refractivity (Wildman–Crippen MR) is 104 cm³/mol. The van der Waals surface area contributed by atoms with Crippen molar-refractivity contribution in [3.05, 3.63) is 57.9 Å². The number of rotatable bonds is 3. The van der Waals surface area contributed by atoms with Gasteiger partial charge in [-0.2, -0.15) is 0 Å². The number of hydrogen-bond acceptors (Lipinski definition) is 0. The minimum absolute atomic E-state index is 0.198. The number of hydrogen-bond donors (Lipinski definition) is 0. The number of fused-ring (bicyclic) bond motifs is 3. The standard InChI is InChI=1S/C23H24ClF3/c1-2-3-13-4-7-17-14(8-13)5-6-15-9-19(20(25)12-18(15)17)16-10-21(26)23(24)22(27)11-16/h9-14,17H,2-8H2,1H3. The summed E-state index contributed by atoms with van der Waals surface area (Å²) in [4.78, 5) is 0. The van der Waals surface area contributed by atoms with E-state index in [9.17, 15) is 13.2 Å². The maximum absolute atomic E-state index is 14.9. The average Bonchev–Trinajstić information content (AvgIpc) is 2.65. The van der Waals surface area contributed by atoms with Crippen molar-refractivity contribution in [1.82, 2.24) is 0 Å². The molecule has 4 heteroatoms. The van der Waals surface area contributed by atoms with Crippen LogP contribution in [-0.2, 0) is 6.42 Å². The van der Waals surface area contributed by atoms with Gasteiger partial charge in [-0.15, -0.1) is 0 Å². The van der Waals surface area contributed by atoms with E-state index in [0.717, 1.165) is 48.4 Å².